The SMILES string of the molecule is CNS(=O)(=O)c1cc(F)ccc1Br. The van der Waals surface area contributed by atoms with Crippen molar-refractivity contribution in [1.82, 2.24) is 4.72 Å². The molecule has 0 amide bonds. The minimum atomic E-state index is -3.59. The van der Waals surface area contributed by atoms with Crippen molar-refractivity contribution < 1.29 is 12.8 Å². The van der Waals surface area contributed by atoms with E-state index in [1.807, 2.05) is 0 Å². The first-order valence-corrected chi connectivity index (χ1v) is 5.63. The van der Waals surface area contributed by atoms with Crippen LogP contribution in [0.1, 0.15) is 0 Å². The van der Waals surface area contributed by atoms with Crippen LogP contribution >= 0.6 is 15.9 Å². The smallest absolute Gasteiger partial charge is 0.214 e. The van der Waals surface area contributed by atoms with Gasteiger partial charge in [0.15, 0.2) is 0 Å². The van der Waals surface area contributed by atoms with Crippen LogP contribution in [0.2, 0.25) is 0 Å². The molecule has 1 rings (SSSR count). The van der Waals surface area contributed by atoms with Crippen molar-refractivity contribution in [3.05, 3.63) is 28.5 Å². The molecule has 0 heterocycles. The molecule has 13 heavy (non-hydrogen) atoms. The number of hydrogen-bond donors (Lipinski definition) is 1. The van der Waals surface area contributed by atoms with E-state index in [0.29, 0.717) is 4.47 Å². The van der Waals surface area contributed by atoms with Crippen molar-refractivity contribution in [3.8, 4) is 0 Å². The average Bonchev–Trinajstić information content (AvgIpc) is 2.09. The highest BCUT2D eigenvalue weighted by molar-refractivity contribution is 9.10. The third kappa shape index (κ3) is 2.26. The molecule has 0 bridgehead atoms. The van der Waals surface area contributed by atoms with Gasteiger partial charge in [-0.25, -0.2) is 17.5 Å². The Bertz CT molecular complexity index is 419. The zero-order valence-corrected chi connectivity index (χ0v) is 9.12. The summed E-state index contributed by atoms with van der Waals surface area (Å²) in [5, 5.41) is 0. The van der Waals surface area contributed by atoms with Gasteiger partial charge in [-0.2, -0.15) is 0 Å². The van der Waals surface area contributed by atoms with Gasteiger partial charge in [0.2, 0.25) is 10.0 Å². The van der Waals surface area contributed by atoms with Crippen LogP contribution in [0.15, 0.2) is 27.6 Å². The molecule has 6 heteroatoms. The monoisotopic (exact) mass is 267 g/mol. The Balaban J connectivity index is 3.38. The Labute approximate surface area is 84.1 Å². The molecule has 0 saturated carbocycles. The summed E-state index contributed by atoms with van der Waals surface area (Å²) in [7, 11) is -2.32. The van der Waals surface area contributed by atoms with Gasteiger partial charge < -0.3 is 0 Å². The molecule has 0 atom stereocenters. The van der Waals surface area contributed by atoms with E-state index < -0.39 is 15.8 Å². The first kappa shape index (κ1) is 10.6. The van der Waals surface area contributed by atoms with Gasteiger partial charge in [0, 0.05) is 4.47 Å². The zero-order chi connectivity index (χ0) is 10.1. The van der Waals surface area contributed by atoms with Crippen molar-refractivity contribution in [2.24, 2.45) is 0 Å². The number of hydrogen-bond acceptors (Lipinski definition) is 2. The fourth-order valence-corrected chi connectivity index (χ4v) is 2.49. The standard InChI is InChI=1S/C7H7BrFNO2S/c1-10-13(11,12)7-4-5(9)2-3-6(7)8/h2-4,10H,1H3. The highest BCUT2D eigenvalue weighted by Gasteiger charge is 2.15. The molecule has 1 N–H and O–H groups in total. The highest BCUT2D eigenvalue weighted by atomic mass is 79.9. The molecule has 0 spiro atoms. The van der Waals surface area contributed by atoms with Gasteiger partial charge >= 0.3 is 0 Å². The summed E-state index contributed by atoms with van der Waals surface area (Å²) >= 11 is 3.02. The molecular weight excluding hydrogens is 261 g/mol. The first-order valence-electron chi connectivity index (χ1n) is 3.36. The molecule has 0 unspecified atom stereocenters. The van der Waals surface area contributed by atoms with Gasteiger partial charge in [-0.05, 0) is 41.2 Å². The number of sulfonamides is 1. The maximum atomic E-state index is 12.7. The van der Waals surface area contributed by atoms with Crippen LogP contribution in [0.5, 0.6) is 0 Å². The lowest BCUT2D eigenvalue weighted by atomic mass is 10.3. The van der Waals surface area contributed by atoms with Gasteiger partial charge in [-0.15, -0.1) is 0 Å². The topological polar surface area (TPSA) is 46.2 Å². The Hall–Kier alpha value is -0.460. The van der Waals surface area contributed by atoms with Crippen molar-refractivity contribution in [3.63, 3.8) is 0 Å². The Morgan fingerprint density at radius 2 is 2.08 bits per heavy atom. The molecule has 0 aliphatic heterocycles. The normalized spacial score (nSPS) is 11.6. The Kier molecular flexibility index (Phi) is 3.05. The summed E-state index contributed by atoms with van der Waals surface area (Å²) in [5.41, 5.74) is 0. The van der Waals surface area contributed by atoms with Crippen LogP contribution < -0.4 is 4.72 Å². The molecule has 0 aliphatic rings. The Morgan fingerprint density at radius 1 is 1.46 bits per heavy atom. The van der Waals surface area contributed by atoms with Crippen LogP contribution in [0.4, 0.5) is 4.39 Å². The maximum absolute atomic E-state index is 12.7. The van der Waals surface area contributed by atoms with Gasteiger partial charge in [0.25, 0.3) is 0 Å². The van der Waals surface area contributed by atoms with Crippen molar-refractivity contribution in [2.75, 3.05) is 7.05 Å². The predicted molar refractivity (Wildman–Crippen MR) is 50.3 cm³/mol. The van der Waals surface area contributed by atoms with E-state index >= 15 is 0 Å². The van der Waals surface area contributed by atoms with Crippen LogP contribution in [0.3, 0.4) is 0 Å². The van der Waals surface area contributed by atoms with E-state index in [9.17, 15) is 12.8 Å². The summed E-state index contributed by atoms with van der Waals surface area (Å²) in [6, 6.07) is 3.48. The van der Waals surface area contributed by atoms with E-state index in [4.69, 9.17) is 0 Å². The number of halogens is 2. The second-order valence-electron chi connectivity index (χ2n) is 2.28. The van der Waals surface area contributed by atoms with Crippen LogP contribution in [-0.2, 0) is 10.0 Å². The minimum Gasteiger partial charge on any atom is -0.214 e. The number of benzene rings is 1. The largest absolute Gasteiger partial charge is 0.241 e. The third-order valence-electron chi connectivity index (χ3n) is 1.45. The highest BCUT2D eigenvalue weighted by Crippen LogP contribution is 2.21. The van der Waals surface area contributed by atoms with Crippen molar-refractivity contribution >= 4 is 26.0 Å². The lowest BCUT2D eigenvalue weighted by Gasteiger charge is -2.04. The zero-order valence-electron chi connectivity index (χ0n) is 6.71. The summed E-state index contributed by atoms with van der Waals surface area (Å²) in [4.78, 5) is -0.102. The number of nitrogens with one attached hydrogen (secondary N) is 1. The molecule has 3 nitrogen and oxygen atoms in total. The van der Waals surface area contributed by atoms with Crippen molar-refractivity contribution in [2.45, 2.75) is 4.90 Å². The lowest BCUT2D eigenvalue weighted by Crippen LogP contribution is -2.19. The van der Waals surface area contributed by atoms with Gasteiger partial charge in [-0.1, -0.05) is 0 Å². The second kappa shape index (κ2) is 3.73. The summed E-state index contributed by atoms with van der Waals surface area (Å²) in [6.07, 6.45) is 0. The molecule has 0 fully saturated rings. The predicted octanol–water partition coefficient (Wildman–Crippen LogP) is 1.50. The van der Waals surface area contributed by atoms with Gasteiger partial charge in [0.1, 0.15) is 5.82 Å². The second-order valence-corrected chi connectivity index (χ2v) is 4.99. The fraction of sp³-hybridized carbons (Fsp3) is 0.143. The summed E-state index contributed by atoms with van der Waals surface area (Å²) in [6.45, 7) is 0. The molecule has 0 aromatic heterocycles. The number of rotatable bonds is 2. The quantitative estimate of drug-likeness (QED) is 0.883. The molecule has 1 aromatic rings. The summed E-state index contributed by atoms with van der Waals surface area (Å²) in [5.74, 6) is -0.586. The molecule has 0 aliphatic carbocycles. The molecular formula is C7H7BrFNO2S. The van der Waals surface area contributed by atoms with E-state index in [2.05, 4.69) is 20.7 Å². The lowest BCUT2D eigenvalue weighted by molar-refractivity contribution is 0.583. The van der Waals surface area contributed by atoms with E-state index in [-0.39, 0.29) is 4.90 Å². The third-order valence-corrected chi connectivity index (χ3v) is 3.86. The van der Waals surface area contributed by atoms with Crippen LogP contribution in [0.25, 0.3) is 0 Å². The summed E-state index contributed by atoms with van der Waals surface area (Å²) < 4.78 is 37.7. The molecule has 72 valence electrons. The van der Waals surface area contributed by atoms with Crippen LogP contribution in [0, 0.1) is 5.82 Å². The van der Waals surface area contributed by atoms with Crippen molar-refractivity contribution in [1.29, 1.82) is 0 Å². The van der Waals surface area contributed by atoms with Gasteiger partial charge in [-0.3, -0.25) is 0 Å². The van der Waals surface area contributed by atoms with E-state index in [1.54, 1.807) is 0 Å². The average molecular weight is 268 g/mol. The Morgan fingerprint density at radius 3 is 2.62 bits per heavy atom. The molecule has 1 aromatic carbocycles. The fourth-order valence-electron chi connectivity index (χ4n) is 0.793. The first-order chi connectivity index (χ1) is 5.97. The van der Waals surface area contributed by atoms with E-state index in [1.165, 1.54) is 19.2 Å². The minimum absolute atomic E-state index is 0.102. The maximum Gasteiger partial charge on any atom is 0.241 e. The molecule has 0 radical (unpaired) electrons. The van der Waals surface area contributed by atoms with Crippen LogP contribution in [-0.4, -0.2) is 15.5 Å². The molecule has 0 saturated heterocycles. The van der Waals surface area contributed by atoms with E-state index in [0.717, 1.165) is 6.07 Å². The van der Waals surface area contributed by atoms with Gasteiger partial charge in [0.05, 0.1) is 4.90 Å².